The van der Waals surface area contributed by atoms with Crippen LogP contribution in [0.5, 0.6) is 5.75 Å². The number of carbonyl (C=O) groups excluding carboxylic acids is 2. The van der Waals surface area contributed by atoms with E-state index >= 15 is 0 Å². The van der Waals surface area contributed by atoms with Crippen molar-refractivity contribution in [3.63, 3.8) is 0 Å². The van der Waals surface area contributed by atoms with Crippen molar-refractivity contribution in [3.05, 3.63) is 118 Å². The average Bonchev–Trinajstić information content (AvgIpc) is 3.45. The minimum atomic E-state index is -0.466. The van der Waals surface area contributed by atoms with E-state index in [0.29, 0.717) is 0 Å². The van der Waals surface area contributed by atoms with E-state index in [-0.39, 0.29) is 23.6 Å². The highest BCUT2D eigenvalue weighted by Gasteiger charge is 2.49. The van der Waals surface area contributed by atoms with Gasteiger partial charge < -0.3 is 15.0 Å². The molecule has 1 saturated heterocycles. The normalized spacial score (nSPS) is 18.0. The summed E-state index contributed by atoms with van der Waals surface area (Å²) >= 11 is 5.23. The van der Waals surface area contributed by atoms with Gasteiger partial charge in [-0.25, -0.2) is 0 Å². The SMILES string of the molecule is COc1ccc(Cc2ccc(-c3ccccc3SC3=CN4C(=O)[C@@H](NC(=O)Cc5ccccc5)[C@@H]4SC3)s2)cc1. The molecular weight excluding hydrogens is 557 g/mol. The van der Waals surface area contributed by atoms with Crippen LogP contribution in [0.2, 0.25) is 0 Å². The molecule has 0 aliphatic carbocycles. The summed E-state index contributed by atoms with van der Waals surface area (Å²) in [5, 5.41) is 2.89. The number of rotatable bonds is 9. The van der Waals surface area contributed by atoms with Crippen molar-refractivity contribution < 1.29 is 14.3 Å². The highest BCUT2D eigenvalue weighted by Crippen LogP contribution is 2.44. The van der Waals surface area contributed by atoms with Gasteiger partial charge in [0.05, 0.1) is 13.5 Å². The van der Waals surface area contributed by atoms with Gasteiger partial charge in [-0.05, 0) is 41.5 Å². The van der Waals surface area contributed by atoms with Gasteiger partial charge in [0.2, 0.25) is 5.91 Å². The number of ether oxygens (including phenoxy) is 1. The predicted octanol–water partition coefficient (Wildman–Crippen LogP) is 6.59. The Bertz CT molecular complexity index is 1550. The summed E-state index contributed by atoms with van der Waals surface area (Å²) in [6, 6.07) is 30.2. The lowest BCUT2D eigenvalue weighted by Crippen LogP contribution is -2.68. The lowest BCUT2D eigenvalue weighted by Gasteiger charge is -2.47. The molecule has 2 aliphatic rings. The largest absolute Gasteiger partial charge is 0.497 e. The lowest BCUT2D eigenvalue weighted by molar-refractivity contribution is -0.144. The first-order valence-electron chi connectivity index (χ1n) is 13.0. The van der Waals surface area contributed by atoms with Crippen LogP contribution in [0.1, 0.15) is 16.0 Å². The zero-order valence-electron chi connectivity index (χ0n) is 21.9. The van der Waals surface area contributed by atoms with Crippen LogP contribution in [0.4, 0.5) is 0 Å². The fraction of sp³-hybridized carbons (Fsp3) is 0.188. The number of nitrogens with zero attached hydrogens (tertiary/aromatic N) is 1. The monoisotopic (exact) mass is 584 g/mol. The summed E-state index contributed by atoms with van der Waals surface area (Å²) in [4.78, 5) is 32.0. The summed E-state index contributed by atoms with van der Waals surface area (Å²) in [7, 11) is 1.68. The van der Waals surface area contributed by atoms with E-state index in [1.54, 1.807) is 35.5 Å². The summed E-state index contributed by atoms with van der Waals surface area (Å²) in [5.74, 6) is 1.49. The van der Waals surface area contributed by atoms with Gasteiger partial charge >= 0.3 is 0 Å². The van der Waals surface area contributed by atoms with Gasteiger partial charge in [-0.3, -0.25) is 9.59 Å². The molecule has 2 amide bonds. The average molecular weight is 585 g/mol. The Morgan fingerprint density at radius 2 is 1.75 bits per heavy atom. The Morgan fingerprint density at radius 3 is 2.55 bits per heavy atom. The number of thiophene rings is 1. The van der Waals surface area contributed by atoms with Crippen LogP contribution >= 0.6 is 34.9 Å². The third kappa shape index (κ3) is 5.84. The van der Waals surface area contributed by atoms with E-state index in [9.17, 15) is 9.59 Å². The zero-order chi connectivity index (χ0) is 27.5. The number of thioether (sulfide) groups is 2. The molecule has 4 aromatic rings. The Labute approximate surface area is 246 Å². The van der Waals surface area contributed by atoms with Gasteiger partial charge in [-0.1, -0.05) is 72.4 Å². The quantitative estimate of drug-likeness (QED) is 0.225. The molecule has 40 heavy (non-hydrogen) atoms. The molecule has 1 N–H and O–H groups in total. The Hall–Kier alpha value is -3.46. The molecule has 2 atom stereocenters. The second kappa shape index (κ2) is 12.0. The maximum Gasteiger partial charge on any atom is 0.253 e. The highest BCUT2D eigenvalue weighted by molar-refractivity contribution is 8.06. The van der Waals surface area contributed by atoms with Crippen molar-refractivity contribution in [2.45, 2.75) is 29.2 Å². The summed E-state index contributed by atoms with van der Waals surface area (Å²) in [6.45, 7) is 0. The van der Waals surface area contributed by atoms with E-state index in [2.05, 4.69) is 53.8 Å². The first-order chi connectivity index (χ1) is 19.6. The molecule has 3 heterocycles. The van der Waals surface area contributed by atoms with Crippen molar-refractivity contribution in [2.75, 3.05) is 12.9 Å². The number of β-lactam (4-membered cyclic amide) rings is 1. The molecule has 0 spiro atoms. The number of carbonyl (C=O) groups is 2. The first-order valence-corrected chi connectivity index (χ1v) is 15.7. The minimum absolute atomic E-state index is 0.0496. The molecule has 0 saturated carbocycles. The summed E-state index contributed by atoms with van der Waals surface area (Å²) in [5.41, 5.74) is 3.40. The first kappa shape index (κ1) is 26.7. The van der Waals surface area contributed by atoms with E-state index in [1.165, 1.54) is 25.8 Å². The Morgan fingerprint density at radius 1 is 0.975 bits per heavy atom. The third-order valence-electron chi connectivity index (χ3n) is 6.88. The van der Waals surface area contributed by atoms with Gasteiger partial charge in [-0.2, -0.15) is 0 Å². The molecule has 0 bridgehead atoms. The maximum absolute atomic E-state index is 12.9. The van der Waals surface area contributed by atoms with Crippen molar-refractivity contribution in [1.29, 1.82) is 0 Å². The standard InChI is InChI=1S/C32H28N2O3S3/c1-37-23-13-11-22(12-14-23)17-24-15-16-28(39-24)26-9-5-6-10-27(26)40-25-19-34-31(36)30(32(34)38-20-25)33-29(35)18-21-7-3-2-4-8-21/h2-16,19,30,32H,17-18,20H2,1H3,(H,33,35)/t30-,32+/m1/s1. The smallest absolute Gasteiger partial charge is 0.253 e. The van der Waals surface area contributed by atoms with Crippen LogP contribution in [0.3, 0.4) is 0 Å². The maximum atomic E-state index is 12.9. The van der Waals surface area contributed by atoms with E-state index in [1.807, 2.05) is 60.0 Å². The molecule has 2 aliphatic heterocycles. The number of nitrogens with one attached hydrogen (secondary N) is 1. The van der Waals surface area contributed by atoms with Crippen molar-refractivity contribution in [3.8, 4) is 16.2 Å². The number of amides is 2. The van der Waals surface area contributed by atoms with Gasteiger partial charge in [0, 0.05) is 43.5 Å². The van der Waals surface area contributed by atoms with E-state index < -0.39 is 6.04 Å². The van der Waals surface area contributed by atoms with Crippen molar-refractivity contribution in [1.82, 2.24) is 10.2 Å². The molecular formula is C32H28N2O3S3. The molecule has 0 unspecified atom stereocenters. The number of hydrogen-bond donors (Lipinski definition) is 1. The van der Waals surface area contributed by atoms with E-state index in [0.717, 1.165) is 28.4 Å². The second-order valence-corrected chi connectivity index (χ2v) is 13.1. The second-order valence-electron chi connectivity index (χ2n) is 9.64. The molecule has 8 heteroatoms. The van der Waals surface area contributed by atoms with Crippen LogP contribution in [0, 0.1) is 0 Å². The minimum Gasteiger partial charge on any atom is -0.497 e. The highest BCUT2D eigenvalue weighted by atomic mass is 32.2. The van der Waals surface area contributed by atoms with Crippen LogP contribution in [-0.2, 0) is 22.4 Å². The molecule has 1 aromatic heterocycles. The predicted molar refractivity (Wildman–Crippen MR) is 165 cm³/mol. The van der Waals surface area contributed by atoms with Crippen LogP contribution < -0.4 is 10.1 Å². The number of fused-ring (bicyclic) bond motifs is 1. The molecule has 5 nitrogen and oxygen atoms in total. The van der Waals surface area contributed by atoms with Crippen LogP contribution in [0.25, 0.3) is 10.4 Å². The molecule has 202 valence electrons. The third-order valence-corrected chi connectivity index (χ3v) is 10.6. The van der Waals surface area contributed by atoms with Gasteiger partial charge in [-0.15, -0.1) is 23.1 Å². The van der Waals surface area contributed by atoms with E-state index in [4.69, 9.17) is 4.74 Å². The molecule has 6 rings (SSSR count). The number of hydrogen-bond acceptors (Lipinski definition) is 6. The van der Waals surface area contributed by atoms with Crippen molar-refractivity contribution >= 4 is 46.7 Å². The summed E-state index contributed by atoms with van der Waals surface area (Å²) in [6.07, 6.45) is 3.13. The molecule has 1 fully saturated rings. The fourth-order valence-electron chi connectivity index (χ4n) is 4.82. The number of benzene rings is 3. The van der Waals surface area contributed by atoms with Gasteiger partial charge in [0.15, 0.2) is 0 Å². The van der Waals surface area contributed by atoms with Gasteiger partial charge in [0.1, 0.15) is 17.2 Å². The molecule has 3 aromatic carbocycles. The summed E-state index contributed by atoms with van der Waals surface area (Å²) < 4.78 is 5.28. The van der Waals surface area contributed by atoms with Crippen LogP contribution in [-0.4, -0.2) is 41.0 Å². The van der Waals surface area contributed by atoms with Crippen LogP contribution in [0.15, 0.2) is 107 Å². The lowest BCUT2D eigenvalue weighted by atomic mass is 10.1. The Kier molecular flexibility index (Phi) is 8.00. The zero-order valence-corrected chi connectivity index (χ0v) is 24.4. The Balaban J connectivity index is 1.10. The van der Waals surface area contributed by atoms with Gasteiger partial charge in [0.25, 0.3) is 5.91 Å². The topological polar surface area (TPSA) is 58.6 Å². The molecule has 0 radical (unpaired) electrons. The number of methoxy groups -OCH3 is 1. The fourth-order valence-corrected chi connectivity index (χ4v) is 8.40. The van der Waals surface area contributed by atoms with Crippen molar-refractivity contribution in [2.24, 2.45) is 0 Å².